The highest BCUT2D eigenvalue weighted by Gasteiger charge is 2.21. The van der Waals surface area contributed by atoms with Crippen LogP contribution in [0.2, 0.25) is 0 Å². The molecule has 262 valence electrons. The monoisotopic (exact) mass is 733 g/mol. The van der Waals surface area contributed by atoms with Crippen molar-refractivity contribution in [1.29, 1.82) is 0 Å². The van der Waals surface area contributed by atoms with E-state index in [2.05, 4.69) is 140 Å². The average molecular weight is 734 g/mol. The fourth-order valence-corrected chi connectivity index (χ4v) is 9.07. The molecule has 0 saturated heterocycles. The first-order valence-electron chi connectivity index (χ1n) is 18.7. The van der Waals surface area contributed by atoms with Gasteiger partial charge in [0.1, 0.15) is 11.2 Å². The number of thiophene rings is 1. The highest BCUT2D eigenvalue weighted by Crippen LogP contribution is 2.46. The first kappa shape index (κ1) is 32.2. The second-order valence-corrected chi connectivity index (χ2v) is 15.0. The van der Waals surface area contributed by atoms with Crippen molar-refractivity contribution in [2.75, 3.05) is 0 Å². The van der Waals surface area contributed by atoms with Gasteiger partial charge in [-0.3, -0.25) is 0 Å². The Balaban J connectivity index is 1.15. The molecule has 0 spiro atoms. The van der Waals surface area contributed by atoms with Gasteiger partial charge in [-0.25, -0.2) is 15.0 Å². The minimum atomic E-state index is 0.591. The van der Waals surface area contributed by atoms with Gasteiger partial charge in [0.25, 0.3) is 0 Å². The predicted octanol–water partition coefficient (Wildman–Crippen LogP) is 14.1. The molecule has 0 fully saturated rings. The first-order valence-corrected chi connectivity index (χ1v) is 19.5. The molecule has 11 rings (SSSR count). The molecule has 0 aliphatic carbocycles. The third-order valence-electron chi connectivity index (χ3n) is 10.5. The van der Waals surface area contributed by atoms with Gasteiger partial charge in [-0.2, -0.15) is 0 Å². The van der Waals surface area contributed by atoms with Crippen LogP contribution in [0.1, 0.15) is 0 Å². The molecule has 0 amide bonds. The number of fused-ring (bicyclic) bond motifs is 6. The van der Waals surface area contributed by atoms with Crippen molar-refractivity contribution in [2.45, 2.75) is 0 Å². The minimum absolute atomic E-state index is 0.591. The highest BCUT2D eigenvalue weighted by atomic mass is 32.1. The molecule has 0 radical (unpaired) electrons. The van der Waals surface area contributed by atoms with E-state index in [9.17, 15) is 0 Å². The first-order chi connectivity index (χ1) is 27.7. The minimum Gasteiger partial charge on any atom is -0.456 e. The third-order valence-corrected chi connectivity index (χ3v) is 11.7. The number of hydrogen-bond acceptors (Lipinski definition) is 5. The molecule has 8 aromatic carbocycles. The van der Waals surface area contributed by atoms with Gasteiger partial charge in [-0.05, 0) is 69.8 Å². The van der Waals surface area contributed by atoms with E-state index in [1.807, 2.05) is 59.9 Å². The molecular weight excluding hydrogens is 703 g/mol. The summed E-state index contributed by atoms with van der Waals surface area (Å²) in [5.41, 5.74) is 11.3. The van der Waals surface area contributed by atoms with Crippen LogP contribution in [0.4, 0.5) is 0 Å². The Morgan fingerprint density at radius 3 is 1.79 bits per heavy atom. The average Bonchev–Trinajstić information content (AvgIpc) is 3.85. The van der Waals surface area contributed by atoms with Gasteiger partial charge < -0.3 is 4.42 Å². The van der Waals surface area contributed by atoms with E-state index in [-0.39, 0.29) is 0 Å². The van der Waals surface area contributed by atoms with Gasteiger partial charge in [-0.15, -0.1) is 11.3 Å². The van der Waals surface area contributed by atoms with Crippen LogP contribution in [-0.4, -0.2) is 15.0 Å². The Morgan fingerprint density at radius 1 is 0.339 bits per heavy atom. The third kappa shape index (κ3) is 5.48. The van der Waals surface area contributed by atoms with Crippen LogP contribution in [0, 0.1) is 0 Å². The van der Waals surface area contributed by atoms with Crippen molar-refractivity contribution >= 4 is 53.4 Å². The summed E-state index contributed by atoms with van der Waals surface area (Å²) in [6, 6.07) is 65.6. The molecular formula is C51H31N3OS. The van der Waals surface area contributed by atoms with E-state index >= 15 is 0 Å². The lowest BCUT2D eigenvalue weighted by Crippen LogP contribution is -2.00. The lowest BCUT2D eigenvalue weighted by atomic mass is 9.90. The second-order valence-electron chi connectivity index (χ2n) is 13.9. The number of aromatic nitrogens is 3. The molecule has 3 aromatic heterocycles. The molecule has 5 heteroatoms. The number of rotatable bonds is 6. The summed E-state index contributed by atoms with van der Waals surface area (Å²) < 4.78 is 9.13. The maximum Gasteiger partial charge on any atom is 0.164 e. The van der Waals surface area contributed by atoms with E-state index in [0.717, 1.165) is 55.3 Å². The van der Waals surface area contributed by atoms with Crippen molar-refractivity contribution in [3.8, 4) is 67.5 Å². The fraction of sp³-hybridized carbons (Fsp3) is 0. The maximum atomic E-state index is 6.59. The summed E-state index contributed by atoms with van der Waals surface area (Å²) >= 11 is 1.84. The van der Waals surface area contributed by atoms with Crippen LogP contribution in [0.5, 0.6) is 0 Å². The molecule has 0 atom stereocenters. The van der Waals surface area contributed by atoms with E-state index in [1.54, 1.807) is 0 Å². The van der Waals surface area contributed by atoms with Crippen molar-refractivity contribution in [2.24, 2.45) is 0 Å². The quantitative estimate of drug-likeness (QED) is 0.171. The van der Waals surface area contributed by atoms with Crippen molar-refractivity contribution in [3.05, 3.63) is 188 Å². The Bertz CT molecular complexity index is 3240. The van der Waals surface area contributed by atoms with Gasteiger partial charge in [0.15, 0.2) is 17.5 Å². The Morgan fingerprint density at radius 2 is 0.982 bits per heavy atom. The largest absolute Gasteiger partial charge is 0.456 e. The number of furan rings is 1. The summed E-state index contributed by atoms with van der Waals surface area (Å²) in [5.74, 6) is 1.82. The topological polar surface area (TPSA) is 51.8 Å². The zero-order valence-corrected chi connectivity index (χ0v) is 30.9. The molecule has 0 aliphatic heterocycles. The SMILES string of the molecule is c1ccc(-c2cccc(-c3nc(-c4ccccc4)nc(-c4cccc5oc6ccc(-c7c(-c8ccccc8)ccc8sc9ccccc9c78)cc6c45)n3)c2)cc1. The Kier molecular flexibility index (Phi) is 7.64. The molecule has 3 heterocycles. The fourth-order valence-electron chi connectivity index (χ4n) is 7.95. The van der Waals surface area contributed by atoms with Crippen LogP contribution >= 0.6 is 11.3 Å². The summed E-state index contributed by atoms with van der Waals surface area (Å²) in [7, 11) is 0. The van der Waals surface area contributed by atoms with Crippen molar-refractivity contribution < 1.29 is 4.42 Å². The summed E-state index contributed by atoms with van der Waals surface area (Å²) in [6.45, 7) is 0. The molecule has 0 unspecified atom stereocenters. The number of hydrogen-bond donors (Lipinski definition) is 0. The van der Waals surface area contributed by atoms with Gasteiger partial charge in [0.05, 0.1) is 0 Å². The van der Waals surface area contributed by atoms with Crippen LogP contribution in [0.15, 0.2) is 192 Å². The maximum absolute atomic E-state index is 6.59. The molecule has 4 nitrogen and oxygen atoms in total. The zero-order valence-electron chi connectivity index (χ0n) is 30.1. The zero-order chi connectivity index (χ0) is 37.0. The highest BCUT2D eigenvalue weighted by molar-refractivity contribution is 7.26. The van der Waals surface area contributed by atoms with Crippen LogP contribution in [0.25, 0.3) is 110 Å². The Hall–Kier alpha value is -7.21. The Labute approximate surface area is 327 Å². The summed E-state index contributed by atoms with van der Waals surface area (Å²) in [5, 5.41) is 4.52. The predicted molar refractivity (Wildman–Crippen MR) is 233 cm³/mol. The van der Waals surface area contributed by atoms with Gasteiger partial charge in [0, 0.05) is 47.6 Å². The molecule has 0 bridgehead atoms. The number of nitrogens with zero attached hydrogens (tertiary/aromatic N) is 3. The van der Waals surface area contributed by atoms with Crippen LogP contribution in [0.3, 0.4) is 0 Å². The smallest absolute Gasteiger partial charge is 0.164 e. The molecule has 56 heavy (non-hydrogen) atoms. The van der Waals surface area contributed by atoms with Gasteiger partial charge >= 0.3 is 0 Å². The summed E-state index contributed by atoms with van der Waals surface area (Å²) in [6.07, 6.45) is 0. The second kappa shape index (κ2) is 13.3. The van der Waals surface area contributed by atoms with E-state index in [0.29, 0.717) is 17.5 Å². The van der Waals surface area contributed by atoms with Gasteiger partial charge in [-0.1, -0.05) is 152 Å². The lowest BCUT2D eigenvalue weighted by molar-refractivity contribution is 0.669. The van der Waals surface area contributed by atoms with E-state index < -0.39 is 0 Å². The molecule has 11 aromatic rings. The van der Waals surface area contributed by atoms with Gasteiger partial charge in [0.2, 0.25) is 0 Å². The number of benzene rings is 8. The van der Waals surface area contributed by atoms with E-state index in [1.165, 1.54) is 36.9 Å². The lowest BCUT2D eigenvalue weighted by Gasteiger charge is -2.13. The van der Waals surface area contributed by atoms with Crippen LogP contribution < -0.4 is 0 Å². The normalized spacial score (nSPS) is 11.6. The summed E-state index contributed by atoms with van der Waals surface area (Å²) in [4.78, 5) is 15.4. The van der Waals surface area contributed by atoms with Crippen molar-refractivity contribution in [1.82, 2.24) is 15.0 Å². The van der Waals surface area contributed by atoms with Crippen LogP contribution in [-0.2, 0) is 0 Å². The van der Waals surface area contributed by atoms with E-state index in [4.69, 9.17) is 19.4 Å². The molecule has 0 saturated carbocycles. The van der Waals surface area contributed by atoms with Crippen molar-refractivity contribution in [3.63, 3.8) is 0 Å². The molecule has 0 aliphatic rings. The standard InChI is InChI=1S/C51H31N3OS/c1-4-14-32(15-5-1)35-20-12-21-37(30-35)50-52-49(34-18-8-3-9-19-34)53-51(54-50)40-23-13-24-43-47(40)41-31-36(26-28-42(41)55-43)46-38(33-16-6-2-7-17-33)27-29-45-48(46)39-22-10-11-25-44(39)56-45/h1-31H. The molecule has 0 N–H and O–H groups in total.